The molecule has 8 nitrogen and oxygen atoms in total. The first-order chi connectivity index (χ1) is 15.4. The van der Waals surface area contributed by atoms with Crippen LogP contribution in [0.1, 0.15) is 28.9 Å². The maximum Gasteiger partial charge on any atom is 0.352 e. The second-order valence-electron chi connectivity index (χ2n) is 7.35. The lowest BCUT2D eigenvalue weighted by atomic mass is 10.2. The third-order valence-electron chi connectivity index (χ3n) is 5.13. The van der Waals surface area contributed by atoms with Crippen LogP contribution in [0.3, 0.4) is 0 Å². The summed E-state index contributed by atoms with van der Waals surface area (Å²) in [6.45, 7) is 0.651. The van der Waals surface area contributed by atoms with E-state index in [1.54, 1.807) is 24.3 Å². The summed E-state index contributed by atoms with van der Waals surface area (Å²) in [7, 11) is 0. The molecule has 2 aromatic carbocycles. The molecule has 3 aromatic rings. The zero-order valence-corrected chi connectivity index (χ0v) is 17.7. The lowest BCUT2D eigenvalue weighted by molar-refractivity contribution is 0.0849. The number of rotatable bonds is 6. The van der Waals surface area contributed by atoms with Gasteiger partial charge in [0, 0.05) is 18.2 Å². The van der Waals surface area contributed by atoms with Gasteiger partial charge in [-0.05, 0) is 42.7 Å². The van der Waals surface area contributed by atoms with Gasteiger partial charge in [0.2, 0.25) is 5.69 Å². The average Bonchev–Trinajstić information content (AvgIpc) is 3.30. The second kappa shape index (κ2) is 9.46. The summed E-state index contributed by atoms with van der Waals surface area (Å²) in [4.78, 5) is 39.0. The highest BCUT2D eigenvalue weighted by molar-refractivity contribution is 6.31. The standard InChI is InChI=1S/C22H20ClFN4O4/c23-18-9-2-1-5-14(18)13-27-21(30)19(20(29)25-12-17-8-4-10-32-17)26-28(22(27)31)16-7-3-6-15(24)11-16/h1-3,5-7,9,11,17H,4,8,10,12-13H2,(H,25,29). The SMILES string of the molecule is O=C(NCC1CCCO1)c1nn(-c2cccc(F)c2)c(=O)n(Cc2ccccc2Cl)c1=O. The number of carbonyl (C=O) groups excluding carboxylic acids is 1. The van der Waals surface area contributed by atoms with E-state index in [4.69, 9.17) is 16.3 Å². The number of hydrogen-bond donors (Lipinski definition) is 1. The Balaban J connectivity index is 1.79. The predicted molar refractivity (Wildman–Crippen MR) is 116 cm³/mol. The van der Waals surface area contributed by atoms with Crippen LogP contribution in [0.4, 0.5) is 4.39 Å². The summed E-state index contributed by atoms with van der Waals surface area (Å²) in [5, 5.41) is 6.97. The summed E-state index contributed by atoms with van der Waals surface area (Å²) in [5.41, 5.74) is -1.59. The van der Waals surface area contributed by atoms with Crippen LogP contribution < -0.4 is 16.6 Å². The molecule has 0 saturated carbocycles. The van der Waals surface area contributed by atoms with Crippen molar-refractivity contribution in [2.45, 2.75) is 25.5 Å². The van der Waals surface area contributed by atoms with Crippen LogP contribution in [0.15, 0.2) is 58.1 Å². The minimum atomic E-state index is -0.868. The van der Waals surface area contributed by atoms with Gasteiger partial charge >= 0.3 is 5.69 Å². The van der Waals surface area contributed by atoms with Crippen molar-refractivity contribution < 1.29 is 13.9 Å². The van der Waals surface area contributed by atoms with Crippen LogP contribution in [0.25, 0.3) is 5.69 Å². The molecule has 0 spiro atoms. The molecule has 0 aliphatic carbocycles. The molecule has 1 aliphatic heterocycles. The first-order valence-electron chi connectivity index (χ1n) is 10.1. The smallest absolute Gasteiger partial charge is 0.352 e. The molecule has 1 atom stereocenters. The third kappa shape index (κ3) is 4.63. The minimum absolute atomic E-state index is 0.0797. The highest BCUT2D eigenvalue weighted by Gasteiger charge is 2.23. The average molecular weight is 459 g/mol. The first kappa shape index (κ1) is 21.9. The van der Waals surface area contributed by atoms with Crippen molar-refractivity contribution in [1.29, 1.82) is 0 Å². The molecule has 1 unspecified atom stereocenters. The number of hydrogen-bond acceptors (Lipinski definition) is 5. The number of ether oxygens (including phenoxy) is 1. The zero-order valence-electron chi connectivity index (χ0n) is 17.0. The maximum absolute atomic E-state index is 13.8. The summed E-state index contributed by atoms with van der Waals surface area (Å²) >= 11 is 6.20. The van der Waals surface area contributed by atoms with Gasteiger partial charge in [0.25, 0.3) is 11.5 Å². The van der Waals surface area contributed by atoms with Crippen LogP contribution in [-0.2, 0) is 11.3 Å². The van der Waals surface area contributed by atoms with Crippen molar-refractivity contribution in [2.75, 3.05) is 13.2 Å². The molecule has 1 aliphatic rings. The van der Waals surface area contributed by atoms with Crippen LogP contribution in [0.5, 0.6) is 0 Å². The zero-order chi connectivity index (χ0) is 22.7. The Labute approximate surface area is 187 Å². The normalized spacial score (nSPS) is 15.6. The number of nitrogens with one attached hydrogen (secondary N) is 1. The number of carbonyl (C=O) groups is 1. The number of benzene rings is 2. The Kier molecular flexibility index (Phi) is 6.48. The highest BCUT2D eigenvalue weighted by atomic mass is 35.5. The van der Waals surface area contributed by atoms with Crippen LogP contribution >= 0.6 is 11.6 Å². The van der Waals surface area contributed by atoms with Crippen molar-refractivity contribution in [3.63, 3.8) is 0 Å². The van der Waals surface area contributed by atoms with E-state index < -0.39 is 28.7 Å². The van der Waals surface area contributed by atoms with Crippen LogP contribution in [0, 0.1) is 5.82 Å². The van der Waals surface area contributed by atoms with E-state index in [-0.39, 0.29) is 24.9 Å². The van der Waals surface area contributed by atoms with Gasteiger partial charge in [-0.25, -0.2) is 9.18 Å². The third-order valence-corrected chi connectivity index (χ3v) is 5.50. The lowest BCUT2D eigenvalue weighted by Crippen LogP contribution is -2.46. The Morgan fingerprint density at radius 1 is 1.22 bits per heavy atom. The summed E-state index contributed by atoms with van der Waals surface area (Å²) in [6.07, 6.45) is 1.56. The van der Waals surface area contributed by atoms with E-state index in [0.717, 1.165) is 28.2 Å². The molecule has 166 valence electrons. The highest BCUT2D eigenvalue weighted by Crippen LogP contribution is 2.15. The van der Waals surface area contributed by atoms with E-state index in [1.165, 1.54) is 18.2 Å². The van der Waals surface area contributed by atoms with Crippen molar-refractivity contribution >= 4 is 17.5 Å². The van der Waals surface area contributed by atoms with E-state index in [2.05, 4.69) is 10.4 Å². The fourth-order valence-corrected chi connectivity index (χ4v) is 3.66. The van der Waals surface area contributed by atoms with Crippen molar-refractivity contribution in [3.8, 4) is 5.69 Å². The number of nitrogens with zero attached hydrogens (tertiary/aromatic N) is 3. The van der Waals surface area contributed by atoms with Gasteiger partial charge < -0.3 is 10.1 Å². The fraction of sp³-hybridized carbons (Fsp3) is 0.273. The van der Waals surface area contributed by atoms with Gasteiger partial charge in [-0.2, -0.15) is 9.78 Å². The molecular formula is C22H20ClFN4O4. The van der Waals surface area contributed by atoms with E-state index >= 15 is 0 Å². The first-order valence-corrected chi connectivity index (χ1v) is 10.4. The van der Waals surface area contributed by atoms with E-state index in [0.29, 0.717) is 17.2 Å². The Bertz CT molecular complexity index is 1270. The monoisotopic (exact) mass is 458 g/mol. The molecule has 32 heavy (non-hydrogen) atoms. The van der Waals surface area contributed by atoms with Gasteiger partial charge in [0.05, 0.1) is 18.3 Å². The summed E-state index contributed by atoms with van der Waals surface area (Å²) < 4.78 is 21.0. The Morgan fingerprint density at radius 2 is 2.03 bits per heavy atom. The van der Waals surface area contributed by atoms with Crippen LogP contribution in [-0.4, -0.2) is 39.5 Å². The maximum atomic E-state index is 13.8. The van der Waals surface area contributed by atoms with Gasteiger partial charge in [-0.15, -0.1) is 0 Å². The Hall–Kier alpha value is -3.30. The van der Waals surface area contributed by atoms with Crippen molar-refractivity contribution in [1.82, 2.24) is 19.7 Å². The minimum Gasteiger partial charge on any atom is -0.376 e. The topological polar surface area (TPSA) is 95.2 Å². The number of amides is 1. The van der Waals surface area contributed by atoms with E-state index in [9.17, 15) is 18.8 Å². The molecule has 1 aromatic heterocycles. The molecule has 0 radical (unpaired) electrons. The largest absolute Gasteiger partial charge is 0.376 e. The molecule has 1 fully saturated rings. The molecule has 4 rings (SSSR count). The Morgan fingerprint density at radius 3 is 2.75 bits per heavy atom. The second-order valence-corrected chi connectivity index (χ2v) is 7.76. The lowest BCUT2D eigenvalue weighted by Gasteiger charge is -2.14. The molecular weight excluding hydrogens is 439 g/mol. The fourth-order valence-electron chi connectivity index (χ4n) is 3.47. The van der Waals surface area contributed by atoms with Gasteiger partial charge in [-0.3, -0.25) is 14.2 Å². The van der Waals surface area contributed by atoms with Crippen LogP contribution in [0.2, 0.25) is 5.02 Å². The van der Waals surface area contributed by atoms with E-state index in [1.807, 2.05) is 0 Å². The quantitative estimate of drug-likeness (QED) is 0.610. The van der Waals surface area contributed by atoms with Gasteiger partial charge in [0.15, 0.2) is 0 Å². The summed E-state index contributed by atoms with van der Waals surface area (Å²) in [6, 6.07) is 11.9. The molecule has 1 N–H and O–H groups in total. The molecule has 1 saturated heterocycles. The van der Waals surface area contributed by atoms with Crippen molar-refractivity contribution in [2.24, 2.45) is 0 Å². The van der Waals surface area contributed by atoms with Gasteiger partial charge in [-0.1, -0.05) is 35.9 Å². The predicted octanol–water partition coefficient (Wildman–Crippen LogP) is 2.14. The number of halogens is 2. The number of aromatic nitrogens is 3. The summed E-state index contributed by atoms with van der Waals surface area (Å²) in [5.74, 6) is -1.34. The molecule has 1 amide bonds. The molecule has 0 bridgehead atoms. The van der Waals surface area contributed by atoms with Gasteiger partial charge in [0.1, 0.15) is 5.82 Å². The molecule has 10 heteroatoms. The van der Waals surface area contributed by atoms with Crippen molar-refractivity contribution in [3.05, 3.63) is 91.5 Å². The molecule has 2 heterocycles.